The van der Waals surface area contributed by atoms with Crippen LogP contribution in [0, 0.1) is 6.92 Å². The van der Waals surface area contributed by atoms with Gasteiger partial charge in [0, 0.05) is 6.54 Å². The van der Waals surface area contributed by atoms with E-state index in [1.54, 1.807) is 6.07 Å². The lowest BCUT2D eigenvalue weighted by Gasteiger charge is -2.25. The summed E-state index contributed by atoms with van der Waals surface area (Å²) in [5, 5.41) is 11.7. The molecule has 0 aromatic heterocycles. The number of likely N-dealkylation sites (tertiary alicyclic amines) is 1. The molecular formula is C16H21N3O4. The minimum absolute atomic E-state index is 0.0177. The number of amides is 3. The fraction of sp³-hybridized carbons (Fsp3) is 0.438. The van der Waals surface area contributed by atoms with Crippen molar-refractivity contribution in [2.75, 3.05) is 6.54 Å². The lowest BCUT2D eigenvalue weighted by molar-refractivity contribution is -0.148. The zero-order chi connectivity index (χ0) is 17.0. The van der Waals surface area contributed by atoms with Crippen LogP contribution in [-0.2, 0) is 9.59 Å². The Morgan fingerprint density at radius 1 is 1.43 bits per heavy atom. The normalized spacial score (nSPS) is 18.5. The van der Waals surface area contributed by atoms with Crippen molar-refractivity contribution in [2.45, 2.75) is 38.3 Å². The van der Waals surface area contributed by atoms with Gasteiger partial charge in [-0.15, -0.1) is 0 Å². The molecule has 1 heterocycles. The van der Waals surface area contributed by atoms with Gasteiger partial charge < -0.3 is 21.1 Å². The van der Waals surface area contributed by atoms with Crippen molar-refractivity contribution in [3.05, 3.63) is 35.4 Å². The van der Waals surface area contributed by atoms with Gasteiger partial charge in [-0.05, 0) is 25.3 Å². The number of nitrogens with one attached hydrogen (secondary N) is 1. The van der Waals surface area contributed by atoms with E-state index in [-0.39, 0.29) is 12.3 Å². The molecule has 2 atom stereocenters. The minimum atomic E-state index is -0.995. The molecule has 1 aliphatic rings. The Morgan fingerprint density at radius 3 is 2.78 bits per heavy atom. The zero-order valence-corrected chi connectivity index (χ0v) is 13.0. The fourth-order valence-electron chi connectivity index (χ4n) is 2.92. The fourth-order valence-corrected chi connectivity index (χ4v) is 2.92. The van der Waals surface area contributed by atoms with Gasteiger partial charge in [-0.2, -0.15) is 0 Å². The maximum Gasteiger partial charge on any atom is 0.326 e. The number of aliphatic carboxylic acids is 1. The first kappa shape index (κ1) is 16.8. The maximum atomic E-state index is 12.5. The summed E-state index contributed by atoms with van der Waals surface area (Å²) in [6.45, 7) is 2.33. The molecule has 1 aliphatic heterocycles. The number of hydrogen-bond acceptors (Lipinski definition) is 3. The SMILES string of the molecule is Cc1cccc(C(CC(=O)N2CCC[C@@H]2C(=O)O)NC(N)=O)c1. The first-order valence-corrected chi connectivity index (χ1v) is 7.53. The molecule has 1 unspecified atom stereocenters. The second-order valence-electron chi connectivity index (χ2n) is 5.76. The summed E-state index contributed by atoms with van der Waals surface area (Å²) < 4.78 is 0. The van der Waals surface area contributed by atoms with E-state index in [2.05, 4.69) is 5.32 Å². The van der Waals surface area contributed by atoms with Gasteiger partial charge >= 0.3 is 12.0 Å². The van der Waals surface area contributed by atoms with E-state index in [4.69, 9.17) is 5.73 Å². The van der Waals surface area contributed by atoms with Crippen LogP contribution in [0.1, 0.15) is 36.4 Å². The summed E-state index contributed by atoms with van der Waals surface area (Å²) in [6, 6.07) is 5.34. The van der Waals surface area contributed by atoms with Crippen molar-refractivity contribution in [3.8, 4) is 0 Å². The summed E-state index contributed by atoms with van der Waals surface area (Å²) >= 11 is 0. The smallest absolute Gasteiger partial charge is 0.326 e. The second-order valence-corrected chi connectivity index (χ2v) is 5.76. The van der Waals surface area contributed by atoms with Crippen LogP contribution in [0.15, 0.2) is 24.3 Å². The topological polar surface area (TPSA) is 113 Å². The molecule has 124 valence electrons. The number of carboxylic acid groups (broad SMARTS) is 1. The number of nitrogens with two attached hydrogens (primary N) is 1. The number of rotatable bonds is 5. The van der Waals surface area contributed by atoms with E-state index in [1.165, 1.54) is 4.90 Å². The van der Waals surface area contributed by atoms with Crippen molar-refractivity contribution in [3.63, 3.8) is 0 Å². The molecule has 2 rings (SSSR count). The Balaban J connectivity index is 2.15. The molecule has 1 aromatic carbocycles. The van der Waals surface area contributed by atoms with E-state index >= 15 is 0 Å². The molecule has 0 aliphatic carbocycles. The van der Waals surface area contributed by atoms with Crippen molar-refractivity contribution in [1.29, 1.82) is 0 Å². The quantitative estimate of drug-likeness (QED) is 0.756. The molecule has 4 N–H and O–H groups in total. The Labute approximate surface area is 134 Å². The van der Waals surface area contributed by atoms with E-state index in [1.807, 2.05) is 25.1 Å². The molecule has 0 spiro atoms. The van der Waals surface area contributed by atoms with E-state index < -0.39 is 24.1 Å². The highest BCUT2D eigenvalue weighted by atomic mass is 16.4. The molecule has 1 aromatic rings. The van der Waals surface area contributed by atoms with Gasteiger partial charge in [0.05, 0.1) is 12.5 Å². The number of urea groups is 1. The van der Waals surface area contributed by atoms with Crippen molar-refractivity contribution in [1.82, 2.24) is 10.2 Å². The molecule has 3 amide bonds. The number of primary amides is 1. The number of aryl methyl sites for hydroxylation is 1. The summed E-state index contributed by atoms with van der Waals surface area (Å²) in [7, 11) is 0. The van der Waals surface area contributed by atoms with Crippen LogP contribution in [-0.4, -0.2) is 40.5 Å². The van der Waals surface area contributed by atoms with Crippen LogP contribution in [0.3, 0.4) is 0 Å². The van der Waals surface area contributed by atoms with Crippen molar-refractivity contribution in [2.24, 2.45) is 5.73 Å². The largest absolute Gasteiger partial charge is 0.480 e. The summed E-state index contributed by atoms with van der Waals surface area (Å²) in [5.41, 5.74) is 6.97. The molecular weight excluding hydrogens is 298 g/mol. The van der Waals surface area contributed by atoms with E-state index in [0.717, 1.165) is 11.1 Å². The number of nitrogens with zero attached hydrogens (tertiary/aromatic N) is 1. The van der Waals surface area contributed by atoms with Gasteiger partial charge in [0.1, 0.15) is 6.04 Å². The first-order chi connectivity index (χ1) is 10.9. The Morgan fingerprint density at radius 2 is 2.17 bits per heavy atom. The standard InChI is InChI=1S/C16H21N3O4/c1-10-4-2-5-11(8-10)12(18-16(17)23)9-14(20)19-7-3-6-13(19)15(21)22/h2,4-5,8,12-13H,3,6-7,9H2,1H3,(H,21,22)(H3,17,18,23)/t12?,13-/m1/s1. The van der Waals surface area contributed by atoms with Crippen LogP contribution < -0.4 is 11.1 Å². The second kappa shape index (κ2) is 7.13. The molecule has 7 heteroatoms. The molecule has 1 fully saturated rings. The zero-order valence-electron chi connectivity index (χ0n) is 13.0. The van der Waals surface area contributed by atoms with Crippen LogP contribution in [0.4, 0.5) is 4.79 Å². The predicted octanol–water partition coefficient (Wildman–Crippen LogP) is 1.17. The molecule has 1 saturated heterocycles. The first-order valence-electron chi connectivity index (χ1n) is 7.53. The lowest BCUT2D eigenvalue weighted by Crippen LogP contribution is -2.43. The molecule has 0 radical (unpaired) electrons. The van der Waals surface area contributed by atoms with Gasteiger partial charge in [-0.1, -0.05) is 29.8 Å². The maximum absolute atomic E-state index is 12.5. The molecule has 0 saturated carbocycles. The lowest BCUT2D eigenvalue weighted by atomic mass is 10.0. The number of carboxylic acids is 1. The Bertz CT molecular complexity index is 617. The number of hydrogen-bond donors (Lipinski definition) is 3. The molecule has 23 heavy (non-hydrogen) atoms. The van der Waals surface area contributed by atoms with Crippen molar-refractivity contribution < 1.29 is 19.5 Å². The number of carbonyl (C=O) groups excluding carboxylic acids is 2. The Kier molecular flexibility index (Phi) is 5.20. The molecule has 7 nitrogen and oxygen atoms in total. The number of carbonyl (C=O) groups is 3. The Hall–Kier alpha value is -2.57. The average molecular weight is 319 g/mol. The molecule has 0 bridgehead atoms. The summed E-state index contributed by atoms with van der Waals surface area (Å²) in [4.78, 5) is 36.3. The minimum Gasteiger partial charge on any atom is -0.480 e. The third-order valence-electron chi connectivity index (χ3n) is 4.00. The monoisotopic (exact) mass is 319 g/mol. The van der Waals surface area contributed by atoms with Gasteiger partial charge in [0.2, 0.25) is 5.91 Å². The predicted molar refractivity (Wildman–Crippen MR) is 83.6 cm³/mol. The summed E-state index contributed by atoms with van der Waals surface area (Å²) in [6.07, 6.45) is 1.11. The van der Waals surface area contributed by atoms with Gasteiger partial charge in [-0.3, -0.25) is 4.79 Å². The highest BCUT2D eigenvalue weighted by Gasteiger charge is 2.34. The average Bonchev–Trinajstić information content (AvgIpc) is 2.95. The van der Waals surface area contributed by atoms with Crippen LogP contribution >= 0.6 is 0 Å². The van der Waals surface area contributed by atoms with Crippen LogP contribution in [0.2, 0.25) is 0 Å². The van der Waals surface area contributed by atoms with Crippen LogP contribution in [0.25, 0.3) is 0 Å². The highest BCUT2D eigenvalue weighted by molar-refractivity contribution is 5.85. The van der Waals surface area contributed by atoms with E-state index in [9.17, 15) is 19.5 Å². The van der Waals surface area contributed by atoms with Crippen LogP contribution in [0.5, 0.6) is 0 Å². The third-order valence-corrected chi connectivity index (χ3v) is 4.00. The summed E-state index contributed by atoms with van der Waals surface area (Å²) in [5.74, 6) is -1.29. The third kappa shape index (κ3) is 4.21. The van der Waals surface area contributed by atoms with Gasteiger partial charge in [0.15, 0.2) is 0 Å². The van der Waals surface area contributed by atoms with Gasteiger partial charge in [0.25, 0.3) is 0 Å². The van der Waals surface area contributed by atoms with E-state index in [0.29, 0.717) is 19.4 Å². The highest BCUT2D eigenvalue weighted by Crippen LogP contribution is 2.23. The number of benzene rings is 1. The van der Waals surface area contributed by atoms with Crippen molar-refractivity contribution >= 4 is 17.9 Å². The van der Waals surface area contributed by atoms with Gasteiger partial charge in [-0.25, -0.2) is 9.59 Å².